The number of benzene rings is 1. The van der Waals surface area contributed by atoms with Crippen LogP contribution in [-0.2, 0) is 17.8 Å². The lowest BCUT2D eigenvalue weighted by Gasteiger charge is -2.20. The summed E-state index contributed by atoms with van der Waals surface area (Å²) in [5.74, 6) is 0.00864. The first-order valence-corrected chi connectivity index (χ1v) is 7.61. The fourth-order valence-electron chi connectivity index (χ4n) is 2.09. The molecule has 3 nitrogen and oxygen atoms in total. The molecule has 1 amide bonds. The standard InChI is InChI=1S/C16H20N2OS/c1-18(12-14-8-5-11-20-14)16(19)15(17)10-9-13-6-3-2-4-7-13/h2-8,11,15H,9-10,12,17H2,1H3. The van der Waals surface area contributed by atoms with Gasteiger partial charge in [-0.25, -0.2) is 0 Å². The van der Waals surface area contributed by atoms with Crippen molar-refractivity contribution >= 4 is 17.2 Å². The maximum atomic E-state index is 12.2. The van der Waals surface area contributed by atoms with Crippen LogP contribution >= 0.6 is 11.3 Å². The molecular formula is C16H20N2OS. The van der Waals surface area contributed by atoms with E-state index in [9.17, 15) is 4.79 Å². The maximum Gasteiger partial charge on any atom is 0.239 e. The number of carbonyl (C=O) groups excluding carboxylic acids is 1. The summed E-state index contributed by atoms with van der Waals surface area (Å²) in [6.07, 6.45) is 1.51. The lowest BCUT2D eigenvalue weighted by atomic mass is 10.1. The van der Waals surface area contributed by atoms with Crippen LogP contribution in [0.1, 0.15) is 16.9 Å². The van der Waals surface area contributed by atoms with Gasteiger partial charge in [0.05, 0.1) is 12.6 Å². The molecule has 106 valence electrons. The molecule has 1 heterocycles. The predicted molar refractivity (Wildman–Crippen MR) is 83.5 cm³/mol. The Bertz CT molecular complexity index is 525. The van der Waals surface area contributed by atoms with Crippen LogP contribution in [0.15, 0.2) is 47.8 Å². The van der Waals surface area contributed by atoms with E-state index in [1.807, 2.05) is 42.8 Å². The number of aryl methyl sites for hydroxylation is 1. The minimum absolute atomic E-state index is 0.00864. The van der Waals surface area contributed by atoms with Crippen molar-refractivity contribution in [3.05, 3.63) is 58.3 Å². The first kappa shape index (κ1) is 14.8. The molecule has 0 aliphatic heterocycles. The summed E-state index contributed by atoms with van der Waals surface area (Å²) >= 11 is 1.66. The SMILES string of the molecule is CN(Cc1cccs1)C(=O)C(N)CCc1ccccc1. The van der Waals surface area contributed by atoms with Crippen molar-refractivity contribution in [1.29, 1.82) is 0 Å². The highest BCUT2D eigenvalue weighted by Gasteiger charge is 2.18. The molecule has 1 aromatic heterocycles. The number of likely N-dealkylation sites (N-methyl/N-ethyl adjacent to an activating group) is 1. The quantitative estimate of drug-likeness (QED) is 0.888. The van der Waals surface area contributed by atoms with Gasteiger partial charge in [-0.1, -0.05) is 36.4 Å². The minimum Gasteiger partial charge on any atom is -0.339 e. The van der Waals surface area contributed by atoms with E-state index in [2.05, 4.69) is 12.1 Å². The largest absolute Gasteiger partial charge is 0.339 e. The van der Waals surface area contributed by atoms with Crippen LogP contribution in [0.2, 0.25) is 0 Å². The third kappa shape index (κ3) is 4.18. The van der Waals surface area contributed by atoms with Crippen molar-refractivity contribution in [3.8, 4) is 0 Å². The average Bonchev–Trinajstić information content (AvgIpc) is 2.98. The van der Waals surface area contributed by atoms with Crippen molar-refractivity contribution in [2.24, 2.45) is 5.73 Å². The van der Waals surface area contributed by atoms with Gasteiger partial charge in [-0.05, 0) is 29.9 Å². The summed E-state index contributed by atoms with van der Waals surface area (Å²) < 4.78 is 0. The lowest BCUT2D eigenvalue weighted by Crippen LogP contribution is -2.41. The number of nitrogens with zero attached hydrogens (tertiary/aromatic N) is 1. The number of thiophene rings is 1. The van der Waals surface area contributed by atoms with Crippen LogP contribution < -0.4 is 5.73 Å². The molecule has 20 heavy (non-hydrogen) atoms. The highest BCUT2D eigenvalue weighted by atomic mass is 32.1. The number of amides is 1. The van der Waals surface area contributed by atoms with Crippen LogP contribution in [0.4, 0.5) is 0 Å². The normalized spacial score (nSPS) is 12.1. The van der Waals surface area contributed by atoms with E-state index in [1.54, 1.807) is 16.2 Å². The summed E-state index contributed by atoms with van der Waals surface area (Å²) in [4.78, 5) is 15.1. The van der Waals surface area contributed by atoms with Crippen LogP contribution in [0.25, 0.3) is 0 Å². The number of hydrogen-bond donors (Lipinski definition) is 1. The van der Waals surface area contributed by atoms with E-state index in [-0.39, 0.29) is 5.91 Å². The van der Waals surface area contributed by atoms with Crippen LogP contribution in [0.5, 0.6) is 0 Å². The fourth-order valence-corrected chi connectivity index (χ4v) is 2.84. The highest BCUT2D eigenvalue weighted by Crippen LogP contribution is 2.12. The van der Waals surface area contributed by atoms with E-state index < -0.39 is 6.04 Å². The molecule has 1 unspecified atom stereocenters. The summed E-state index contributed by atoms with van der Waals surface area (Å²) in [6, 6.07) is 13.7. The van der Waals surface area contributed by atoms with E-state index in [4.69, 9.17) is 5.73 Å². The Morgan fingerprint density at radius 3 is 2.65 bits per heavy atom. The van der Waals surface area contributed by atoms with Crippen LogP contribution in [-0.4, -0.2) is 23.9 Å². The highest BCUT2D eigenvalue weighted by molar-refractivity contribution is 7.09. The van der Waals surface area contributed by atoms with E-state index >= 15 is 0 Å². The smallest absolute Gasteiger partial charge is 0.239 e. The molecule has 0 fully saturated rings. The third-order valence-corrected chi connectivity index (χ3v) is 4.11. The Hall–Kier alpha value is -1.65. The Morgan fingerprint density at radius 1 is 1.25 bits per heavy atom. The van der Waals surface area contributed by atoms with Crippen molar-refractivity contribution in [2.45, 2.75) is 25.4 Å². The lowest BCUT2D eigenvalue weighted by molar-refractivity contribution is -0.131. The first-order chi connectivity index (χ1) is 9.66. The number of carbonyl (C=O) groups is 1. The first-order valence-electron chi connectivity index (χ1n) is 6.73. The van der Waals surface area contributed by atoms with Crippen LogP contribution in [0, 0.1) is 0 Å². The van der Waals surface area contributed by atoms with Crippen molar-refractivity contribution in [3.63, 3.8) is 0 Å². The van der Waals surface area contributed by atoms with Gasteiger partial charge in [-0.3, -0.25) is 4.79 Å². The molecule has 0 aliphatic carbocycles. The molecule has 1 atom stereocenters. The van der Waals surface area contributed by atoms with Gasteiger partial charge in [-0.2, -0.15) is 0 Å². The molecule has 0 saturated carbocycles. The summed E-state index contributed by atoms with van der Waals surface area (Å²) in [5, 5.41) is 2.02. The van der Waals surface area contributed by atoms with Gasteiger partial charge in [0.15, 0.2) is 0 Å². The number of rotatable bonds is 6. The zero-order valence-electron chi connectivity index (χ0n) is 11.7. The van der Waals surface area contributed by atoms with Gasteiger partial charge in [0, 0.05) is 11.9 Å². The van der Waals surface area contributed by atoms with Gasteiger partial charge in [-0.15, -0.1) is 11.3 Å². The van der Waals surface area contributed by atoms with Gasteiger partial charge in [0.25, 0.3) is 0 Å². The van der Waals surface area contributed by atoms with Gasteiger partial charge < -0.3 is 10.6 Å². The second-order valence-electron chi connectivity index (χ2n) is 4.90. The minimum atomic E-state index is -0.430. The van der Waals surface area contributed by atoms with E-state index in [0.29, 0.717) is 13.0 Å². The number of nitrogens with two attached hydrogens (primary N) is 1. The molecule has 0 aliphatic rings. The van der Waals surface area contributed by atoms with Crippen molar-refractivity contribution in [1.82, 2.24) is 4.90 Å². The summed E-state index contributed by atoms with van der Waals surface area (Å²) in [7, 11) is 1.81. The second-order valence-corrected chi connectivity index (χ2v) is 5.94. The third-order valence-electron chi connectivity index (χ3n) is 3.25. The van der Waals surface area contributed by atoms with Crippen LogP contribution in [0.3, 0.4) is 0 Å². The Balaban J connectivity index is 1.82. The molecular weight excluding hydrogens is 268 g/mol. The molecule has 0 bridgehead atoms. The molecule has 2 rings (SSSR count). The van der Waals surface area contributed by atoms with Crippen molar-refractivity contribution < 1.29 is 4.79 Å². The Labute approximate surface area is 124 Å². The monoisotopic (exact) mass is 288 g/mol. The van der Waals surface area contributed by atoms with Gasteiger partial charge in [0.2, 0.25) is 5.91 Å². The van der Waals surface area contributed by atoms with Crippen molar-refractivity contribution in [2.75, 3.05) is 7.05 Å². The summed E-state index contributed by atoms with van der Waals surface area (Å²) in [5.41, 5.74) is 7.23. The second kappa shape index (κ2) is 7.22. The van der Waals surface area contributed by atoms with E-state index in [1.165, 1.54) is 10.4 Å². The zero-order chi connectivity index (χ0) is 14.4. The summed E-state index contributed by atoms with van der Waals surface area (Å²) in [6.45, 7) is 0.634. The van der Waals surface area contributed by atoms with E-state index in [0.717, 1.165) is 6.42 Å². The molecule has 4 heteroatoms. The number of hydrogen-bond acceptors (Lipinski definition) is 3. The zero-order valence-corrected chi connectivity index (χ0v) is 12.5. The topological polar surface area (TPSA) is 46.3 Å². The molecule has 2 N–H and O–H groups in total. The fraction of sp³-hybridized carbons (Fsp3) is 0.312. The molecule has 0 saturated heterocycles. The Kier molecular flexibility index (Phi) is 5.32. The predicted octanol–water partition coefficient (Wildman–Crippen LogP) is 2.67. The molecule has 1 aromatic carbocycles. The molecule has 0 spiro atoms. The average molecular weight is 288 g/mol. The van der Waals surface area contributed by atoms with Gasteiger partial charge >= 0.3 is 0 Å². The van der Waals surface area contributed by atoms with Gasteiger partial charge in [0.1, 0.15) is 0 Å². The molecule has 2 aromatic rings. The Morgan fingerprint density at radius 2 is 2.00 bits per heavy atom. The molecule has 0 radical (unpaired) electrons. The maximum absolute atomic E-state index is 12.2.